The van der Waals surface area contributed by atoms with Crippen molar-refractivity contribution in [1.29, 1.82) is 0 Å². The van der Waals surface area contributed by atoms with E-state index in [1.54, 1.807) is 30.1 Å². The van der Waals surface area contributed by atoms with E-state index in [2.05, 4.69) is 5.32 Å². The van der Waals surface area contributed by atoms with Crippen LogP contribution in [0.15, 0.2) is 66.7 Å². The fraction of sp³-hybridized carbons (Fsp3) is 0.355. The maximum atomic E-state index is 13.5. The smallest absolute Gasteiger partial charge is 0.410 e. The van der Waals surface area contributed by atoms with Crippen molar-refractivity contribution in [2.24, 2.45) is 0 Å². The molecular weight excluding hydrogens is 551 g/mol. The zero-order valence-electron chi connectivity index (χ0n) is 22.0. The molecule has 3 aromatic carbocycles. The van der Waals surface area contributed by atoms with E-state index in [1.165, 1.54) is 0 Å². The van der Waals surface area contributed by atoms with E-state index in [-0.39, 0.29) is 12.5 Å². The molecule has 2 N–H and O–H groups in total. The Kier molecular flexibility index (Phi) is 6.93. The Labute approximate surface area is 243 Å². The maximum absolute atomic E-state index is 13.5. The number of nitrogens with one attached hydrogen (secondary N) is 1. The highest BCUT2D eigenvalue weighted by Crippen LogP contribution is 2.51. The van der Waals surface area contributed by atoms with Gasteiger partial charge in [0.15, 0.2) is 12.7 Å². The van der Waals surface area contributed by atoms with Crippen LogP contribution in [0.4, 0.5) is 4.79 Å². The van der Waals surface area contributed by atoms with Crippen LogP contribution >= 0.6 is 23.2 Å². The number of benzene rings is 3. The quantitative estimate of drug-likeness (QED) is 0.365. The van der Waals surface area contributed by atoms with Gasteiger partial charge in [-0.3, -0.25) is 4.79 Å². The van der Waals surface area contributed by atoms with Crippen LogP contribution in [0.1, 0.15) is 49.3 Å². The molecule has 4 aliphatic rings. The minimum Gasteiger partial charge on any atom is -0.484 e. The van der Waals surface area contributed by atoms with Crippen molar-refractivity contribution in [3.05, 3.63) is 87.9 Å². The number of aliphatic hydroxyl groups excluding tert-OH is 1. The van der Waals surface area contributed by atoms with Gasteiger partial charge >= 0.3 is 6.09 Å². The van der Waals surface area contributed by atoms with Crippen molar-refractivity contribution in [3.8, 4) is 16.9 Å². The van der Waals surface area contributed by atoms with E-state index in [0.717, 1.165) is 22.3 Å². The molecule has 0 radical (unpaired) electrons. The molecule has 3 fully saturated rings. The lowest BCUT2D eigenvalue weighted by molar-refractivity contribution is -0.136. The molecule has 3 saturated carbocycles. The molecule has 7 nitrogen and oxygen atoms in total. The topological polar surface area (TPSA) is 88.1 Å². The van der Waals surface area contributed by atoms with Gasteiger partial charge in [0.1, 0.15) is 5.75 Å². The fourth-order valence-corrected chi connectivity index (χ4v) is 6.86. The second-order valence-electron chi connectivity index (χ2n) is 11.0. The first kappa shape index (κ1) is 26.9. The molecule has 208 valence electrons. The monoisotopic (exact) mass is 580 g/mol. The predicted octanol–water partition coefficient (Wildman–Crippen LogP) is 6.14. The Morgan fingerprint density at radius 2 is 1.57 bits per heavy atom. The molecule has 2 amide bonds. The van der Waals surface area contributed by atoms with Crippen LogP contribution in [-0.4, -0.2) is 52.8 Å². The minimum absolute atomic E-state index is 0.214. The van der Waals surface area contributed by atoms with Gasteiger partial charge in [-0.1, -0.05) is 71.7 Å². The number of ether oxygens (including phenoxy) is 2. The van der Waals surface area contributed by atoms with Gasteiger partial charge in [0, 0.05) is 29.8 Å². The van der Waals surface area contributed by atoms with Gasteiger partial charge in [0.2, 0.25) is 0 Å². The van der Waals surface area contributed by atoms with Crippen LogP contribution in [0, 0.1) is 0 Å². The van der Waals surface area contributed by atoms with Crippen molar-refractivity contribution in [2.45, 2.75) is 55.4 Å². The van der Waals surface area contributed by atoms with Crippen LogP contribution in [0.3, 0.4) is 0 Å². The average Bonchev–Trinajstić information content (AvgIpc) is 3.27. The summed E-state index contributed by atoms with van der Waals surface area (Å²) in [7, 11) is 1.75. The fourth-order valence-electron chi connectivity index (χ4n) is 6.57. The molecule has 9 heteroatoms. The van der Waals surface area contributed by atoms with Crippen molar-refractivity contribution < 1.29 is 24.2 Å². The number of nitrogens with zero attached hydrogens (tertiary/aromatic N) is 1. The first-order valence-corrected chi connectivity index (χ1v) is 14.2. The molecule has 3 aromatic rings. The van der Waals surface area contributed by atoms with E-state index in [1.807, 2.05) is 48.5 Å². The van der Waals surface area contributed by atoms with Gasteiger partial charge in [-0.15, -0.1) is 0 Å². The second kappa shape index (κ2) is 10.3. The number of fused-ring (bicyclic) bond motifs is 6. The molecule has 40 heavy (non-hydrogen) atoms. The largest absolute Gasteiger partial charge is 0.484 e. The van der Waals surface area contributed by atoms with Crippen LogP contribution in [0.25, 0.3) is 11.1 Å². The third-order valence-electron chi connectivity index (χ3n) is 8.91. The first-order valence-electron chi connectivity index (χ1n) is 13.4. The number of carbonyl (C=O) groups is 2. The summed E-state index contributed by atoms with van der Waals surface area (Å²) < 4.78 is 11.7. The summed E-state index contributed by atoms with van der Waals surface area (Å²) in [4.78, 5) is 28.0. The molecular formula is C31H30Cl2N2O5. The molecule has 2 bridgehead atoms. The summed E-state index contributed by atoms with van der Waals surface area (Å²) in [5.41, 5.74) is 2.79. The summed E-state index contributed by atoms with van der Waals surface area (Å²) in [6, 6.07) is 20.8. The Hall–Kier alpha value is -3.26. The van der Waals surface area contributed by atoms with Crippen molar-refractivity contribution in [2.75, 3.05) is 13.7 Å². The molecule has 0 aromatic heterocycles. The molecule has 1 atom stereocenters. The summed E-state index contributed by atoms with van der Waals surface area (Å²) in [6.07, 6.45) is 1.00. The van der Waals surface area contributed by atoms with Crippen molar-refractivity contribution >= 4 is 35.2 Å². The molecule has 7 rings (SSSR count). The number of hydrogen-bond acceptors (Lipinski definition) is 5. The van der Waals surface area contributed by atoms with Gasteiger partial charge in [0.05, 0.1) is 21.7 Å². The summed E-state index contributed by atoms with van der Waals surface area (Å²) in [6.45, 7) is -0.214. The standard InChI is InChI=1S/C31H30Cl2N2O5/c1-35(29(38)40-28-22-8-4-2-6-20(22)21-7-3-5-9-23(21)28)30-12-14-31(15-13-30,26(36)17-30)34-27(37)18-39-19-10-11-24(32)25(33)16-19/h2-11,16,26,28,36H,12-15,17-18H2,1H3,(H,34,37)/t26-,30?,31?/m1/s1. The van der Waals surface area contributed by atoms with Gasteiger partial charge in [-0.2, -0.15) is 0 Å². The summed E-state index contributed by atoms with van der Waals surface area (Å²) in [5, 5.41) is 15.0. The molecule has 0 heterocycles. The van der Waals surface area contributed by atoms with Crippen LogP contribution < -0.4 is 10.1 Å². The zero-order valence-corrected chi connectivity index (χ0v) is 23.5. The molecule has 4 aliphatic carbocycles. The number of rotatable bonds is 6. The van der Waals surface area contributed by atoms with E-state index < -0.39 is 29.4 Å². The highest BCUT2D eigenvalue weighted by Gasteiger charge is 2.57. The van der Waals surface area contributed by atoms with E-state index >= 15 is 0 Å². The van der Waals surface area contributed by atoms with Gasteiger partial charge in [-0.25, -0.2) is 4.79 Å². The Balaban J connectivity index is 1.10. The van der Waals surface area contributed by atoms with Gasteiger partial charge < -0.3 is 24.8 Å². The molecule has 0 unspecified atom stereocenters. The van der Waals surface area contributed by atoms with Gasteiger partial charge in [0.25, 0.3) is 5.91 Å². The summed E-state index contributed by atoms with van der Waals surface area (Å²) >= 11 is 12.0. The number of hydrogen-bond donors (Lipinski definition) is 2. The number of halogens is 2. The predicted molar refractivity (Wildman–Crippen MR) is 153 cm³/mol. The average molecular weight is 581 g/mol. The van der Waals surface area contributed by atoms with Crippen LogP contribution in [0.5, 0.6) is 5.75 Å². The number of carbonyl (C=O) groups excluding carboxylic acids is 2. The second-order valence-corrected chi connectivity index (χ2v) is 11.8. The first-order chi connectivity index (χ1) is 19.2. The Bertz CT molecular complexity index is 1420. The Morgan fingerprint density at radius 3 is 2.17 bits per heavy atom. The molecule has 0 spiro atoms. The normalized spacial score (nSPS) is 24.6. The maximum Gasteiger partial charge on any atom is 0.410 e. The number of aliphatic hydroxyl groups is 1. The van der Waals surface area contributed by atoms with E-state index in [9.17, 15) is 14.7 Å². The third kappa shape index (κ3) is 4.60. The highest BCUT2D eigenvalue weighted by molar-refractivity contribution is 6.42. The lowest BCUT2D eigenvalue weighted by Crippen LogP contribution is -2.70. The zero-order chi connectivity index (χ0) is 28.1. The molecule has 0 saturated heterocycles. The van der Waals surface area contributed by atoms with Gasteiger partial charge in [-0.05, 0) is 55.4 Å². The van der Waals surface area contributed by atoms with Crippen molar-refractivity contribution in [1.82, 2.24) is 10.2 Å². The SMILES string of the molecule is CN(C(=O)OC1c2ccccc2-c2ccccc21)C12CCC(NC(=O)COc3ccc(Cl)c(Cl)c3)(CC1)[C@H](O)C2. The van der Waals surface area contributed by atoms with E-state index in [0.29, 0.717) is 47.9 Å². The number of amides is 2. The highest BCUT2D eigenvalue weighted by atomic mass is 35.5. The third-order valence-corrected chi connectivity index (χ3v) is 9.65. The summed E-state index contributed by atoms with van der Waals surface area (Å²) in [5.74, 6) is 0.104. The van der Waals surface area contributed by atoms with Crippen LogP contribution in [-0.2, 0) is 9.53 Å². The lowest BCUT2D eigenvalue weighted by atomic mass is 9.59. The van der Waals surface area contributed by atoms with E-state index in [4.69, 9.17) is 32.7 Å². The molecule has 0 aliphatic heterocycles. The van der Waals surface area contributed by atoms with Crippen LogP contribution in [0.2, 0.25) is 10.0 Å². The lowest BCUT2D eigenvalue weighted by Gasteiger charge is -2.58. The minimum atomic E-state index is -0.813. The Morgan fingerprint density at radius 1 is 0.950 bits per heavy atom. The van der Waals surface area contributed by atoms with Crippen molar-refractivity contribution in [3.63, 3.8) is 0 Å².